The summed E-state index contributed by atoms with van der Waals surface area (Å²) in [5, 5.41) is 2.13. The Balaban J connectivity index is 2.39. The van der Waals surface area contributed by atoms with Crippen LogP contribution in [0.2, 0.25) is 0 Å². The highest BCUT2D eigenvalue weighted by Crippen LogP contribution is 2.27. The summed E-state index contributed by atoms with van der Waals surface area (Å²) in [6.07, 6.45) is 2.95. The van der Waals surface area contributed by atoms with Gasteiger partial charge in [0.25, 0.3) is 0 Å². The molecule has 0 amide bonds. The number of allylic oxidation sites excluding steroid dienone is 1. The van der Waals surface area contributed by atoms with E-state index in [-0.39, 0.29) is 0 Å². The van der Waals surface area contributed by atoms with Gasteiger partial charge in [-0.3, -0.25) is 4.99 Å². The van der Waals surface area contributed by atoms with Crippen molar-refractivity contribution in [2.75, 3.05) is 0 Å². The van der Waals surface area contributed by atoms with Crippen molar-refractivity contribution >= 4 is 18.0 Å². The molecular weight excluding hydrogens is 178 g/mol. The Bertz CT molecular complexity index is 366. The van der Waals surface area contributed by atoms with Crippen LogP contribution in [0.5, 0.6) is 0 Å². The minimum Gasteiger partial charge on any atom is -0.260 e. The molecule has 0 N–H and O–H groups in total. The molecule has 0 spiro atoms. The van der Waals surface area contributed by atoms with E-state index in [4.69, 9.17) is 0 Å². The molecule has 0 unspecified atom stereocenters. The molecule has 0 atom stereocenters. The second kappa shape index (κ2) is 3.79. The number of benzene rings is 1. The molecule has 1 nitrogen and oxygen atoms in total. The summed E-state index contributed by atoms with van der Waals surface area (Å²) in [6, 6.07) is 8.33. The second-order valence-electron chi connectivity index (χ2n) is 2.88. The molecule has 0 saturated carbocycles. The van der Waals surface area contributed by atoms with E-state index in [1.54, 1.807) is 11.8 Å². The number of aliphatic imine (C=N–C) groups is 1. The molecule has 0 aliphatic carbocycles. The van der Waals surface area contributed by atoms with E-state index in [0.29, 0.717) is 0 Å². The Morgan fingerprint density at radius 1 is 1.31 bits per heavy atom. The first-order valence-electron chi connectivity index (χ1n) is 4.39. The zero-order chi connectivity index (χ0) is 9.10. The van der Waals surface area contributed by atoms with Crippen LogP contribution in [0.3, 0.4) is 0 Å². The minimum atomic E-state index is 0.998. The van der Waals surface area contributed by atoms with Crippen molar-refractivity contribution in [3.05, 3.63) is 40.9 Å². The van der Waals surface area contributed by atoms with E-state index in [0.717, 1.165) is 12.1 Å². The predicted octanol–water partition coefficient (Wildman–Crippen LogP) is 3.46. The topological polar surface area (TPSA) is 12.4 Å². The standard InChI is InChI=1S/C11H11NS/c1-2-10-8-13-11-6-4-3-5-9(11)7-12-10/h3-8H,2H2,1H3. The van der Waals surface area contributed by atoms with Crippen LogP contribution >= 0.6 is 11.8 Å². The number of hydrogen-bond donors (Lipinski definition) is 0. The van der Waals surface area contributed by atoms with Crippen LogP contribution in [-0.2, 0) is 0 Å². The first kappa shape index (κ1) is 8.57. The van der Waals surface area contributed by atoms with Gasteiger partial charge in [-0.1, -0.05) is 36.9 Å². The van der Waals surface area contributed by atoms with E-state index in [1.807, 2.05) is 12.3 Å². The summed E-state index contributed by atoms with van der Waals surface area (Å²) in [5.74, 6) is 0. The third-order valence-electron chi connectivity index (χ3n) is 1.97. The van der Waals surface area contributed by atoms with Crippen molar-refractivity contribution in [1.82, 2.24) is 0 Å². The molecule has 0 aromatic heterocycles. The Morgan fingerprint density at radius 2 is 2.15 bits per heavy atom. The van der Waals surface area contributed by atoms with Gasteiger partial charge in [0.2, 0.25) is 0 Å². The molecule has 2 rings (SSSR count). The second-order valence-corrected chi connectivity index (χ2v) is 3.79. The molecule has 1 aliphatic rings. The third-order valence-corrected chi connectivity index (χ3v) is 2.99. The minimum absolute atomic E-state index is 0.998. The number of thioether (sulfide) groups is 1. The fourth-order valence-corrected chi connectivity index (χ4v) is 2.09. The monoisotopic (exact) mass is 189 g/mol. The van der Waals surface area contributed by atoms with E-state index >= 15 is 0 Å². The van der Waals surface area contributed by atoms with Crippen LogP contribution in [0.25, 0.3) is 0 Å². The fourth-order valence-electron chi connectivity index (χ4n) is 1.18. The van der Waals surface area contributed by atoms with Gasteiger partial charge < -0.3 is 0 Å². The Kier molecular flexibility index (Phi) is 2.50. The number of nitrogens with zero attached hydrogens (tertiary/aromatic N) is 1. The Morgan fingerprint density at radius 3 is 3.00 bits per heavy atom. The normalized spacial score (nSPS) is 14.7. The molecule has 66 valence electrons. The first-order valence-corrected chi connectivity index (χ1v) is 5.27. The van der Waals surface area contributed by atoms with Crippen molar-refractivity contribution in [3.8, 4) is 0 Å². The van der Waals surface area contributed by atoms with E-state index in [2.05, 4.69) is 35.5 Å². The number of rotatable bonds is 1. The summed E-state index contributed by atoms with van der Waals surface area (Å²) in [6.45, 7) is 2.12. The van der Waals surface area contributed by atoms with Gasteiger partial charge in [-0.25, -0.2) is 0 Å². The van der Waals surface area contributed by atoms with Gasteiger partial charge in [-0.2, -0.15) is 0 Å². The lowest BCUT2D eigenvalue weighted by molar-refractivity contribution is 1.08. The maximum atomic E-state index is 4.40. The van der Waals surface area contributed by atoms with E-state index in [1.165, 1.54) is 10.5 Å². The maximum Gasteiger partial charge on any atom is 0.0467 e. The first-order chi connectivity index (χ1) is 6.40. The summed E-state index contributed by atoms with van der Waals surface area (Å²) in [5.41, 5.74) is 2.37. The van der Waals surface area contributed by atoms with Gasteiger partial charge in [0.1, 0.15) is 0 Å². The summed E-state index contributed by atoms with van der Waals surface area (Å²) >= 11 is 1.76. The van der Waals surface area contributed by atoms with Gasteiger partial charge in [-0.15, -0.1) is 0 Å². The van der Waals surface area contributed by atoms with Gasteiger partial charge >= 0.3 is 0 Å². The molecular formula is C11H11NS. The Hall–Kier alpha value is -1.02. The van der Waals surface area contributed by atoms with E-state index in [9.17, 15) is 0 Å². The molecule has 0 bridgehead atoms. The summed E-state index contributed by atoms with van der Waals surface area (Å²) in [7, 11) is 0. The third kappa shape index (κ3) is 1.83. The molecule has 13 heavy (non-hydrogen) atoms. The SMILES string of the molecule is CCC1=CSc2ccccc2C=N1. The van der Waals surface area contributed by atoms with Crippen LogP contribution in [0.1, 0.15) is 18.9 Å². The summed E-state index contributed by atoms with van der Waals surface area (Å²) in [4.78, 5) is 5.69. The lowest BCUT2D eigenvalue weighted by Gasteiger charge is -1.97. The number of hydrogen-bond acceptors (Lipinski definition) is 2. The quantitative estimate of drug-likeness (QED) is 0.659. The van der Waals surface area contributed by atoms with Crippen LogP contribution in [0.15, 0.2) is 45.3 Å². The Labute approximate surface area is 82.6 Å². The smallest absolute Gasteiger partial charge is 0.0467 e. The average Bonchev–Trinajstić information content (AvgIpc) is 2.39. The van der Waals surface area contributed by atoms with Crippen molar-refractivity contribution in [2.24, 2.45) is 4.99 Å². The molecule has 1 heterocycles. The van der Waals surface area contributed by atoms with Crippen LogP contribution in [0.4, 0.5) is 0 Å². The molecule has 2 heteroatoms. The van der Waals surface area contributed by atoms with Gasteiger partial charge in [0.05, 0.1) is 0 Å². The predicted molar refractivity (Wildman–Crippen MR) is 58.3 cm³/mol. The molecule has 1 aromatic rings. The van der Waals surface area contributed by atoms with Crippen molar-refractivity contribution < 1.29 is 0 Å². The molecule has 0 fully saturated rings. The maximum absolute atomic E-state index is 4.40. The molecule has 0 radical (unpaired) electrons. The van der Waals surface area contributed by atoms with Gasteiger partial charge in [0, 0.05) is 22.4 Å². The fraction of sp³-hybridized carbons (Fsp3) is 0.182. The molecule has 1 aromatic carbocycles. The lowest BCUT2D eigenvalue weighted by Crippen LogP contribution is -1.82. The number of fused-ring (bicyclic) bond motifs is 1. The van der Waals surface area contributed by atoms with Crippen molar-refractivity contribution in [3.63, 3.8) is 0 Å². The largest absolute Gasteiger partial charge is 0.260 e. The van der Waals surface area contributed by atoms with Crippen molar-refractivity contribution in [1.29, 1.82) is 0 Å². The highest BCUT2D eigenvalue weighted by Gasteiger charge is 2.02. The van der Waals surface area contributed by atoms with Crippen LogP contribution in [0, 0.1) is 0 Å². The summed E-state index contributed by atoms with van der Waals surface area (Å²) < 4.78 is 0. The lowest BCUT2D eigenvalue weighted by atomic mass is 10.2. The van der Waals surface area contributed by atoms with Crippen LogP contribution in [-0.4, -0.2) is 6.21 Å². The highest BCUT2D eigenvalue weighted by molar-refractivity contribution is 8.02. The van der Waals surface area contributed by atoms with Gasteiger partial charge in [-0.05, 0) is 17.9 Å². The highest BCUT2D eigenvalue weighted by atomic mass is 32.2. The molecule has 0 saturated heterocycles. The average molecular weight is 189 g/mol. The van der Waals surface area contributed by atoms with E-state index < -0.39 is 0 Å². The van der Waals surface area contributed by atoms with Gasteiger partial charge in [0.15, 0.2) is 0 Å². The zero-order valence-corrected chi connectivity index (χ0v) is 8.34. The zero-order valence-electron chi connectivity index (χ0n) is 7.53. The molecule has 1 aliphatic heterocycles. The van der Waals surface area contributed by atoms with Crippen molar-refractivity contribution in [2.45, 2.75) is 18.2 Å². The van der Waals surface area contributed by atoms with Crippen LogP contribution < -0.4 is 0 Å².